The van der Waals surface area contributed by atoms with Gasteiger partial charge < -0.3 is 34.5 Å². The summed E-state index contributed by atoms with van der Waals surface area (Å²) in [5.41, 5.74) is 1.35. The van der Waals surface area contributed by atoms with Crippen molar-refractivity contribution in [3.63, 3.8) is 0 Å². The Morgan fingerprint density at radius 1 is 1.00 bits per heavy atom. The van der Waals surface area contributed by atoms with Crippen molar-refractivity contribution in [1.82, 2.24) is 0 Å². The number of carbonyl (C=O) groups is 1. The Kier molecular flexibility index (Phi) is 10.6. The van der Waals surface area contributed by atoms with E-state index in [1.54, 1.807) is 16.9 Å². The van der Waals surface area contributed by atoms with E-state index in [1.165, 1.54) is 38.0 Å². The molecule has 6 heteroatoms. The largest absolute Gasteiger partial charge is 1.00 e. The Morgan fingerprint density at radius 2 is 1.62 bits per heavy atom. The number of carbonyl (C=O) groups excluding carboxylic acids is 1. The minimum Gasteiger partial charge on any atom is -1.00 e. The van der Waals surface area contributed by atoms with Gasteiger partial charge in [0.15, 0.2) is 0 Å². The van der Waals surface area contributed by atoms with Gasteiger partial charge in [-0.2, -0.15) is 0 Å². The van der Waals surface area contributed by atoms with Gasteiger partial charge in [-0.3, -0.25) is 9.69 Å². The maximum atomic E-state index is 12.4. The summed E-state index contributed by atoms with van der Waals surface area (Å²) in [6.07, 6.45) is 6.91. The first-order chi connectivity index (χ1) is 11.8. The lowest BCUT2D eigenvalue weighted by molar-refractivity contribution is -0.986. The van der Waals surface area contributed by atoms with Gasteiger partial charge in [0.2, 0.25) is 0 Å². The number of benzene rings is 1. The molecule has 26 heavy (non-hydrogen) atoms. The van der Waals surface area contributed by atoms with Gasteiger partial charge in [-0.1, -0.05) is 19.3 Å². The number of nitrogens with one attached hydrogen (secondary N) is 2. The molecule has 0 atom stereocenters. The zero-order valence-electron chi connectivity index (χ0n) is 15.7. The maximum Gasteiger partial charge on any atom is 0.141 e. The van der Waals surface area contributed by atoms with Gasteiger partial charge >= 0.3 is 0 Å². The molecular weight excluding hydrogens is 371 g/mol. The van der Waals surface area contributed by atoms with Gasteiger partial charge in [-0.25, -0.2) is 0 Å². The fourth-order valence-electron chi connectivity index (χ4n) is 4.20. The molecule has 0 amide bonds. The van der Waals surface area contributed by atoms with E-state index >= 15 is 0 Å². The molecule has 1 aliphatic heterocycles. The molecule has 2 fully saturated rings. The van der Waals surface area contributed by atoms with Crippen LogP contribution in [-0.2, 0) is 4.79 Å². The molecule has 3 rings (SSSR count). The monoisotopic (exact) mass is 402 g/mol. The normalized spacial score (nSPS) is 23.4. The highest BCUT2D eigenvalue weighted by Gasteiger charge is 2.26. The van der Waals surface area contributed by atoms with Gasteiger partial charge in [0.25, 0.3) is 0 Å². The molecule has 0 bridgehead atoms. The summed E-state index contributed by atoms with van der Waals surface area (Å²) in [6, 6.07) is 8.44. The second kappa shape index (κ2) is 11.8. The van der Waals surface area contributed by atoms with Gasteiger partial charge in [0, 0.05) is 18.1 Å². The number of Topliss-reactive ketones (excluding diaryl/α,β-unsaturated/α-hetero) is 1. The number of hydrogen-bond donors (Lipinski definition) is 2. The first-order valence-electron chi connectivity index (χ1n) is 9.61. The minimum absolute atomic E-state index is 0. The average Bonchev–Trinajstić information content (AvgIpc) is 2.67. The number of ether oxygens (including phenoxy) is 1. The van der Waals surface area contributed by atoms with Crippen molar-refractivity contribution in [3.05, 3.63) is 24.3 Å². The smallest absolute Gasteiger partial charge is 0.141 e. The lowest BCUT2D eigenvalue weighted by atomic mass is 9.85. The van der Waals surface area contributed by atoms with Crippen molar-refractivity contribution in [2.24, 2.45) is 5.92 Å². The number of methoxy groups -OCH3 is 1. The van der Waals surface area contributed by atoms with Crippen LogP contribution in [0.15, 0.2) is 24.3 Å². The Balaban J connectivity index is 0.00000169. The molecule has 1 aliphatic carbocycles. The highest BCUT2D eigenvalue weighted by atomic mass is 35.5. The number of hydrogen-bond acceptors (Lipinski definition) is 2. The Hall–Kier alpha value is -0.810. The molecule has 1 heterocycles. The summed E-state index contributed by atoms with van der Waals surface area (Å²) < 4.78 is 5.23. The quantitative estimate of drug-likeness (QED) is 0.498. The third-order valence-corrected chi connectivity index (χ3v) is 5.84. The minimum atomic E-state index is 0. The predicted octanol–water partition coefficient (Wildman–Crippen LogP) is -5.34. The first kappa shape index (κ1) is 23.2. The Bertz CT molecular complexity index is 525. The van der Waals surface area contributed by atoms with E-state index in [-0.39, 0.29) is 24.8 Å². The molecule has 0 radical (unpaired) electrons. The number of quaternary nitrogens is 2. The standard InChI is InChI=1S/C20H30N2O2.2ClH/c1-24-19-9-7-18(8-10-19)22-15-13-21(14-16-22)12-11-20(23)17-5-3-2-4-6-17;;/h7-10,17H,2-6,11-16H2,1H3;2*1H. The van der Waals surface area contributed by atoms with Crippen molar-refractivity contribution in [1.29, 1.82) is 0 Å². The van der Waals surface area contributed by atoms with Gasteiger partial charge in [0.05, 0.1) is 20.1 Å². The highest BCUT2D eigenvalue weighted by molar-refractivity contribution is 5.81. The molecule has 148 valence electrons. The third-order valence-electron chi connectivity index (χ3n) is 5.84. The van der Waals surface area contributed by atoms with E-state index in [0.29, 0.717) is 11.7 Å². The highest BCUT2D eigenvalue weighted by Crippen LogP contribution is 2.24. The fourth-order valence-corrected chi connectivity index (χ4v) is 4.20. The van der Waals surface area contributed by atoms with Crippen LogP contribution in [0.2, 0.25) is 0 Å². The van der Waals surface area contributed by atoms with Crippen LogP contribution < -0.4 is 39.4 Å². The van der Waals surface area contributed by atoms with E-state index in [2.05, 4.69) is 12.1 Å². The van der Waals surface area contributed by atoms with E-state index < -0.39 is 0 Å². The van der Waals surface area contributed by atoms with E-state index in [4.69, 9.17) is 4.74 Å². The molecule has 2 N–H and O–H groups in total. The molecule has 0 spiro atoms. The molecule has 0 aromatic heterocycles. The van der Waals surface area contributed by atoms with Crippen molar-refractivity contribution < 1.29 is 44.1 Å². The zero-order valence-corrected chi connectivity index (χ0v) is 17.2. The molecular formula is C20H32Cl2N2O2. The summed E-state index contributed by atoms with van der Waals surface area (Å²) in [4.78, 5) is 15.5. The summed E-state index contributed by atoms with van der Waals surface area (Å²) in [5, 5.41) is 0. The van der Waals surface area contributed by atoms with E-state index in [1.807, 2.05) is 12.1 Å². The van der Waals surface area contributed by atoms with Crippen LogP contribution in [-0.4, -0.2) is 45.6 Å². The van der Waals surface area contributed by atoms with E-state index in [9.17, 15) is 4.79 Å². The van der Waals surface area contributed by atoms with Crippen LogP contribution in [0.3, 0.4) is 0 Å². The van der Waals surface area contributed by atoms with Crippen LogP contribution in [0.4, 0.5) is 5.69 Å². The molecule has 1 aromatic rings. The first-order valence-corrected chi connectivity index (χ1v) is 9.61. The Labute approximate surface area is 170 Å². The topological polar surface area (TPSA) is 35.2 Å². The van der Waals surface area contributed by atoms with Crippen molar-refractivity contribution >= 4 is 11.5 Å². The van der Waals surface area contributed by atoms with Gasteiger partial charge in [-0.15, -0.1) is 0 Å². The van der Waals surface area contributed by atoms with Crippen molar-refractivity contribution in [3.8, 4) is 5.75 Å². The number of halogens is 2. The SMILES string of the molecule is COc1ccc([NH+]2CC[NH+](CCC(=O)C3CCCCC3)CC2)cc1.[Cl-].[Cl-]. The number of rotatable bonds is 6. The molecule has 1 aromatic carbocycles. The summed E-state index contributed by atoms with van der Waals surface area (Å²) in [7, 11) is 1.71. The predicted molar refractivity (Wildman–Crippen MR) is 95.1 cm³/mol. The molecule has 1 saturated carbocycles. The summed E-state index contributed by atoms with van der Waals surface area (Å²) in [6.45, 7) is 5.67. The average molecular weight is 403 g/mol. The number of piperazine rings is 1. The van der Waals surface area contributed by atoms with Crippen LogP contribution in [0.1, 0.15) is 38.5 Å². The Morgan fingerprint density at radius 3 is 2.19 bits per heavy atom. The lowest BCUT2D eigenvalue weighted by Gasteiger charge is -2.30. The third kappa shape index (κ3) is 6.41. The van der Waals surface area contributed by atoms with Gasteiger partial charge in [0.1, 0.15) is 43.4 Å². The van der Waals surface area contributed by atoms with Crippen LogP contribution in [0.5, 0.6) is 5.75 Å². The van der Waals surface area contributed by atoms with Crippen LogP contribution in [0.25, 0.3) is 0 Å². The number of ketones is 1. The van der Waals surface area contributed by atoms with Crippen LogP contribution >= 0.6 is 0 Å². The second-order valence-electron chi connectivity index (χ2n) is 7.38. The lowest BCUT2D eigenvalue weighted by Crippen LogP contribution is -3.26. The molecule has 1 saturated heterocycles. The maximum absolute atomic E-state index is 12.4. The second-order valence-corrected chi connectivity index (χ2v) is 7.38. The molecule has 4 nitrogen and oxygen atoms in total. The molecule has 0 unspecified atom stereocenters. The summed E-state index contributed by atoms with van der Waals surface area (Å²) in [5.74, 6) is 1.83. The van der Waals surface area contributed by atoms with Crippen molar-refractivity contribution in [2.45, 2.75) is 38.5 Å². The van der Waals surface area contributed by atoms with E-state index in [0.717, 1.165) is 44.6 Å². The van der Waals surface area contributed by atoms with Crippen LogP contribution in [0, 0.1) is 5.92 Å². The molecule has 2 aliphatic rings. The van der Waals surface area contributed by atoms with Gasteiger partial charge in [-0.05, 0) is 25.0 Å². The van der Waals surface area contributed by atoms with Crippen molar-refractivity contribution in [2.75, 3.05) is 39.8 Å². The summed E-state index contributed by atoms with van der Waals surface area (Å²) >= 11 is 0. The fraction of sp³-hybridized carbons (Fsp3) is 0.650. The zero-order chi connectivity index (χ0) is 16.8.